The molecule has 2 aromatic heterocycles. The molecule has 0 N–H and O–H groups in total. The lowest BCUT2D eigenvalue weighted by molar-refractivity contribution is 0.332. The summed E-state index contributed by atoms with van der Waals surface area (Å²) in [4.78, 5) is 15.9. The molecule has 0 amide bonds. The van der Waals surface area contributed by atoms with Crippen LogP contribution in [0.1, 0.15) is 51.7 Å². The molecule has 2 heterocycles. The highest BCUT2D eigenvalue weighted by atomic mass is 15.0. The monoisotopic (exact) mass is 810 g/mol. The van der Waals surface area contributed by atoms with Gasteiger partial charge in [-0.25, -0.2) is 15.0 Å². The summed E-state index contributed by atoms with van der Waals surface area (Å²) in [7, 11) is 0. The van der Waals surface area contributed by atoms with E-state index in [-0.39, 0.29) is 10.8 Å². The molecule has 4 heteroatoms. The molecule has 4 nitrogen and oxygen atoms in total. The summed E-state index contributed by atoms with van der Waals surface area (Å²) in [6.07, 6.45) is 2.35. The van der Waals surface area contributed by atoms with Crippen LogP contribution in [-0.2, 0) is 10.8 Å². The zero-order valence-corrected chi connectivity index (χ0v) is 36.0. The minimum atomic E-state index is 0.0845. The van der Waals surface area contributed by atoms with Crippen LogP contribution >= 0.6 is 0 Å². The molecule has 0 aliphatic heterocycles. The van der Waals surface area contributed by atoms with Crippen molar-refractivity contribution in [2.75, 3.05) is 0 Å². The van der Waals surface area contributed by atoms with E-state index < -0.39 is 0 Å². The van der Waals surface area contributed by atoms with Crippen molar-refractivity contribution in [3.05, 3.63) is 193 Å². The Bertz CT molecular complexity index is 3620. The Hall–Kier alpha value is -7.43. The second-order valence-corrected chi connectivity index (χ2v) is 18.7. The van der Waals surface area contributed by atoms with Gasteiger partial charge in [0.15, 0.2) is 17.5 Å². The first-order chi connectivity index (χ1) is 30.7. The van der Waals surface area contributed by atoms with Crippen LogP contribution in [0.15, 0.2) is 182 Å². The molecule has 0 bridgehead atoms. The molecule has 1 aliphatic carbocycles. The Labute approximate surface area is 367 Å². The van der Waals surface area contributed by atoms with Gasteiger partial charge in [-0.3, -0.25) is 0 Å². The summed E-state index contributed by atoms with van der Waals surface area (Å²) >= 11 is 0. The lowest BCUT2D eigenvalue weighted by atomic mass is 9.63. The fourth-order valence-electron chi connectivity index (χ4n) is 10.3. The van der Waals surface area contributed by atoms with Crippen molar-refractivity contribution >= 4 is 54.1 Å². The predicted molar refractivity (Wildman–Crippen MR) is 264 cm³/mol. The molecule has 0 spiro atoms. The van der Waals surface area contributed by atoms with Crippen molar-refractivity contribution in [2.45, 2.75) is 51.4 Å². The van der Waals surface area contributed by atoms with Crippen molar-refractivity contribution < 1.29 is 0 Å². The van der Waals surface area contributed by atoms with Crippen molar-refractivity contribution in [3.63, 3.8) is 0 Å². The molecule has 11 aromatic rings. The first-order valence-corrected chi connectivity index (χ1v) is 22.1. The van der Waals surface area contributed by atoms with Gasteiger partial charge < -0.3 is 4.57 Å². The highest BCUT2D eigenvalue weighted by Crippen LogP contribution is 2.49. The summed E-state index contributed by atoms with van der Waals surface area (Å²) in [5, 5.41) is 9.52. The minimum Gasteiger partial charge on any atom is -0.309 e. The van der Waals surface area contributed by atoms with Crippen LogP contribution in [0.5, 0.6) is 0 Å². The molecule has 0 radical (unpaired) electrons. The maximum absolute atomic E-state index is 5.33. The number of rotatable bonds is 5. The molecule has 302 valence electrons. The average molecular weight is 811 g/mol. The van der Waals surface area contributed by atoms with E-state index in [0.717, 1.165) is 49.5 Å². The SMILES string of the molecule is CC1(C)CCC(C)(C)c2cc3c(cc21)c1ccccc1n3-c1ccc(-c2nc(-c3ccc(-c4ccc5ccccc5c4)cc3)nc(-c3cccc4ccccc34)n2)c2ccccc12. The van der Waals surface area contributed by atoms with Crippen LogP contribution in [0, 0.1) is 0 Å². The number of fused-ring (bicyclic) bond motifs is 7. The maximum atomic E-state index is 5.33. The molecule has 0 unspecified atom stereocenters. The van der Waals surface area contributed by atoms with Gasteiger partial charge in [0.25, 0.3) is 0 Å². The van der Waals surface area contributed by atoms with Crippen molar-refractivity contribution in [1.29, 1.82) is 0 Å². The molecule has 0 saturated carbocycles. The molecule has 0 atom stereocenters. The van der Waals surface area contributed by atoms with Crippen molar-refractivity contribution in [1.82, 2.24) is 19.5 Å². The van der Waals surface area contributed by atoms with Crippen molar-refractivity contribution in [2.24, 2.45) is 0 Å². The first-order valence-electron chi connectivity index (χ1n) is 22.1. The van der Waals surface area contributed by atoms with Gasteiger partial charge in [-0.05, 0) is 109 Å². The molecule has 0 fully saturated rings. The first kappa shape index (κ1) is 37.3. The number of benzene rings is 9. The molecular formula is C59H46N4. The van der Waals surface area contributed by atoms with E-state index in [1.807, 2.05) is 0 Å². The van der Waals surface area contributed by atoms with Crippen LogP contribution < -0.4 is 0 Å². The molecule has 12 rings (SSSR count). The third-order valence-corrected chi connectivity index (χ3v) is 13.9. The van der Waals surface area contributed by atoms with Crippen LogP contribution in [0.4, 0.5) is 0 Å². The zero-order valence-electron chi connectivity index (χ0n) is 36.0. The molecule has 9 aromatic carbocycles. The summed E-state index contributed by atoms with van der Waals surface area (Å²) in [5.41, 5.74) is 11.9. The second kappa shape index (κ2) is 14.1. The number of aromatic nitrogens is 4. The van der Waals surface area contributed by atoms with Gasteiger partial charge >= 0.3 is 0 Å². The Morgan fingerprint density at radius 1 is 0.365 bits per heavy atom. The summed E-state index contributed by atoms with van der Waals surface area (Å²) in [6, 6.07) is 65.7. The summed E-state index contributed by atoms with van der Waals surface area (Å²) < 4.78 is 2.49. The predicted octanol–water partition coefficient (Wildman–Crippen LogP) is 15.4. The fraction of sp³-hybridized carbons (Fsp3) is 0.136. The van der Waals surface area contributed by atoms with Gasteiger partial charge in [0.05, 0.1) is 16.7 Å². The van der Waals surface area contributed by atoms with Crippen LogP contribution in [-0.4, -0.2) is 19.5 Å². The molecule has 63 heavy (non-hydrogen) atoms. The largest absolute Gasteiger partial charge is 0.309 e. The molecular weight excluding hydrogens is 765 g/mol. The van der Waals surface area contributed by atoms with E-state index in [9.17, 15) is 0 Å². The van der Waals surface area contributed by atoms with E-state index in [1.165, 1.54) is 62.1 Å². The van der Waals surface area contributed by atoms with E-state index in [1.54, 1.807) is 0 Å². The van der Waals surface area contributed by atoms with Gasteiger partial charge in [-0.15, -0.1) is 0 Å². The summed E-state index contributed by atoms with van der Waals surface area (Å²) in [5.74, 6) is 1.93. The third-order valence-electron chi connectivity index (χ3n) is 13.9. The Morgan fingerprint density at radius 2 is 0.921 bits per heavy atom. The Balaban J connectivity index is 1.05. The van der Waals surface area contributed by atoms with E-state index in [4.69, 9.17) is 15.0 Å². The lowest BCUT2D eigenvalue weighted by Gasteiger charge is -2.42. The van der Waals surface area contributed by atoms with Crippen LogP contribution in [0.25, 0.3) is 105 Å². The molecule has 0 saturated heterocycles. The summed E-state index contributed by atoms with van der Waals surface area (Å²) in [6.45, 7) is 9.66. The quantitative estimate of drug-likeness (QED) is 0.174. The van der Waals surface area contributed by atoms with Gasteiger partial charge in [0.1, 0.15) is 0 Å². The van der Waals surface area contributed by atoms with Gasteiger partial charge in [-0.1, -0.05) is 173 Å². The van der Waals surface area contributed by atoms with Crippen LogP contribution in [0.3, 0.4) is 0 Å². The fourth-order valence-corrected chi connectivity index (χ4v) is 10.3. The zero-order chi connectivity index (χ0) is 42.5. The minimum absolute atomic E-state index is 0.0845. The van der Waals surface area contributed by atoms with E-state index >= 15 is 0 Å². The number of nitrogens with zero attached hydrogens (tertiary/aromatic N) is 4. The normalized spacial score (nSPS) is 14.5. The Kier molecular flexibility index (Phi) is 8.33. The van der Waals surface area contributed by atoms with E-state index in [0.29, 0.717) is 17.5 Å². The standard InChI is InChI=1S/C59H46N4/c1-58(2)32-33-59(3,4)51-36-54-49(35-50(51)58)46-21-11-12-23-52(46)63(54)53-31-30-48(44-19-9-10-20-45(44)53)57-61-55(60-56(62-57)47-22-13-17-39-15-7-8-18-43(39)47)40-27-24-38(25-28-40)42-29-26-37-14-5-6-16-41(37)34-42/h5-31,34-36H,32-33H2,1-4H3. The van der Waals surface area contributed by atoms with E-state index in [2.05, 4.69) is 214 Å². The highest BCUT2D eigenvalue weighted by Gasteiger charge is 2.38. The van der Waals surface area contributed by atoms with Gasteiger partial charge in [0, 0.05) is 32.8 Å². The van der Waals surface area contributed by atoms with Gasteiger partial charge in [-0.2, -0.15) is 0 Å². The van der Waals surface area contributed by atoms with Crippen molar-refractivity contribution in [3.8, 4) is 51.0 Å². The highest BCUT2D eigenvalue weighted by molar-refractivity contribution is 6.12. The van der Waals surface area contributed by atoms with Crippen LogP contribution in [0.2, 0.25) is 0 Å². The number of hydrogen-bond donors (Lipinski definition) is 0. The van der Waals surface area contributed by atoms with Gasteiger partial charge in [0.2, 0.25) is 0 Å². The smallest absolute Gasteiger partial charge is 0.164 e. The topological polar surface area (TPSA) is 43.6 Å². The number of hydrogen-bond acceptors (Lipinski definition) is 3. The average Bonchev–Trinajstić information content (AvgIpc) is 3.65. The third kappa shape index (κ3) is 6.07. The number of para-hydroxylation sites is 1. The Morgan fingerprint density at radius 3 is 1.68 bits per heavy atom. The maximum Gasteiger partial charge on any atom is 0.164 e. The second-order valence-electron chi connectivity index (χ2n) is 18.7. The molecule has 1 aliphatic rings. The lowest BCUT2D eigenvalue weighted by Crippen LogP contribution is -2.33.